The third-order valence-electron chi connectivity index (χ3n) is 1.36. The fraction of sp³-hybridized carbons (Fsp3) is 0.143. The fourth-order valence-electron chi connectivity index (χ4n) is 0.816. The van der Waals surface area contributed by atoms with Gasteiger partial charge in [0.1, 0.15) is 0 Å². The van der Waals surface area contributed by atoms with Crippen LogP contribution < -0.4 is 5.73 Å². The first-order valence-corrected chi connectivity index (χ1v) is 4.60. The van der Waals surface area contributed by atoms with Crippen molar-refractivity contribution >= 4 is 39.9 Å². The molecule has 0 amide bonds. The first-order chi connectivity index (χ1) is 5.82. The number of halogens is 5. The Morgan fingerprint density at radius 2 is 1.85 bits per heavy atom. The van der Waals surface area contributed by atoms with E-state index in [4.69, 9.17) is 17.3 Å². The molecule has 1 nitrogen and oxygen atoms in total. The molecule has 0 spiro atoms. The van der Waals surface area contributed by atoms with Gasteiger partial charge in [0.25, 0.3) is 0 Å². The van der Waals surface area contributed by atoms with Crippen LogP contribution in [0.1, 0.15) is 5.56 Å². The van der Waals surface area contributed by atoms with Gasteiger partial charge in [-0.3, -0.25) is 0 Å². The number of alkyl halides is 3. The van der Waals surface area contributed by atoms with E-state index in [2.05, 4.69) is 0 Å². The molecule has 0 heterocycles. The summed E-state index contributed by atoms with van der Waals surface area (Å²) in [5.74, 6) is 0. The number of nitrogens with two attached hydrogens (primary N) is 1. The molecule has 0 saturated carbocycles. The second kappa shape index (κ2) is 3.53. The van der Waals surface area contributed by atoms with Gasteiger partial charge in [-0.2, -0.15) is 13.2 Å². The molecule has 0 fully saturated rings. The SMILES string of the molecule is Nc1cc(I)c(Cl)c(C(F)(F)F)c1. The highest BCUT2D eigenvalue weighted by Gasteiger charge is 2.34. The summed E-state index contributed by atoms with van der Waals surface area (Å²) in [6.45, 7) is 0. The number of benzene rings is 1. The number of anilines is 1. The van der Waals surface area contributed by atoms with Crippen molar-refractivity contribution in [3.05, 3.63) is 26.3 Å². The Morgan fingerprint density at radius 1 is 1.31 bits per heavy atom. The smallest absolute Gasteiger partial charge is 0.399 e. The third kappa shape index (κ3) is 2.40. The molecule has 0 atom stereocenters. The molecule has 2 N–H and O–H groups in total. The van der Waals surface area contributed by atoms with Crippen molar-refractivity contribution in [2.75, 3.05) is 5.73 Å². The lowest BCUT2D eigenvalue weighted by molar-refractivity contribution is -0.137. The van der Waals surface area contributed by atoms with Crippen molar-refractivity contribution in [1.82, 2.24) is 0 Å². The molecule has 72 valence electrons. The van der Waals surface area contributed by atoms with E-state index in [1.807, 2.05) is 0 Å². The molecular formula is C7H4ClF3IN. The standard InChI is InChI=1S/C7H4ClF3IN/c8-6-4(7(9,10)11)1-3(13)2-5(6)12/h1-2H,13H2. The molecule has 1 rings (SSSR count). The third-order valence-corrected chi connectivity index (χ3v) is 2.93. The first-order valence-electron chi connectivity index (χ1n) is 3.14. The molecular weight excluding hydrogens is 317 g/mol. The van der Waals surface area contributed by atoms with Gasteiger partial charge in [0.05, 0.1) is 10.6 Å². The maximum atomic E-state index is 12.3. The zero-order valence-corrected chi connectivity index (χ0v) is 9.04. The molecule has 1 aromatic carbocycles. The molecule has 0 unspecified atom stereocenters. The van der Waals surface area contributed by atoms with E-state index in [0.717, 1.165) is 6.07 Å². The van der Waals surface area contributed by atoms with E-state index in [9.17, 15) is 13.2 Å². The van der Waals surface area contributed by atoms with E-state index in [0.29, 0.717) is 3.57 Å². The second-order valence-electron chi connectivity index (χ2n) is 2.36. The van der Waals surface area contributed by atoms with Crippen LogP contribution in [0.3, 0.4) is 0 Å². The minimum atomic E-state index is -4.45. The van der Waals surface area contributed by atoms with Gasteiger partial charge in [-0.1, -0.05) is 11.6 Å². The lowest BCUT2D eigenvalue weighted by Gasteiger charge is -2.10. The molecule has 13 heavy (non-hydrogen) atoms. The highest BCUT2D eigenvalue weighted by atomic mass is 127. The molecule has 0 aliphatic carbocycles. The maximum absolute atomic E-state index is 12.3. The topological polar surface area (TPSA) is 26.0 Å². The minimum absolute atomic E-state index is 0.0566. The average Bonchev–Trinajstić information content (AvgIpc) is 1.94. The summed E-state index contributed by atoms with van der Waals surface area (Å²) in [6, 6.07) is 2.21. The van der Waals surface area contributed by atoms with Crippen LogP contribution >= 0.6 is 34.2 Å². The Balaban J connectivity index is 3.37. The van der Waals surface area contributed by atoms with Crippen LogP contribution in [-0.2, 0) is 6.18 Å². The van der Waals surface area contributed by atoms with Crippen LogP contribution in [0.2, 0.25) is 5.02 Å². The minimum Gasteiger partial charge on any atom is -0.399 e. The van der Waals surface area contributed by atoms with Crippen molar-refractivity contribution in [1.29, 1.82) is 0 Å². The predicted octanol–water partition coefficient (Wildman–Crippen LogP) is 3.55. The van der Waals surface area contributed by atoms with Gasteiger partial charge in [0.15, 0.2) is 0 Å². The van der Waals surface area contributed by atoms with Gasteiger partial charge in [-0.25, -0.2) is 0 Å². The lowest BCUT2D eigenvalue weighted by atomic mass is 10.2. The van der Waals surface area contributed by atoms with E-state index in [1.165, 1.54) is 6.07 Å². The van der Waals surface area contributed by atoms with Crippen molar-refractivity contribution in [3.63, 3.8) is 0 Å². The van der Waals surface area contributed by atoms with Crippen molar-refractivity contribution in [2.24, 2.45) is 0 Å². The fourth-order valence-corrected chi connectivity index (χ4v) is 1.68. The van der Waals surface area contributed by atoms with Gasteiger partial charge in [-0.05, 0) is 34.7 Å². The average molecular weight is 321 g/mol. The molecule has 0 aliphatic heterocycles. The summed E-state index contributed by atoms with van der Waals surface area (Å²) in [4.78, 5) is 0. The van der Waals surface area contributed by atoms with Gasteiger partial charge in [0, 0.05) is 9.26 Å². The van der Waals surface area contributed by atoms with Crippen molar-refractivity contribution in [3.8, 4) is 0 Å². The molecule has 0 radical (unpaired) electrons. The highest BCUT2D eigenvalue weighted by molar-refractivity contribution is 14.1. The summed E-state index contributed by atoms with van der Waals surface area (Å²) < 4.78 is 37.1. The Morgan fingerprint density at radius 3 is 2.31 bits per heavy atom. The van der Waals surface area contributed by atoms with Crippen molar-refractivity contribution < 1.29 is 13.2 Å². The summed E-state index contributed by atoms with van der Waals surface area (Å²) in [6.07, 6.45) is -4.45. The zero-order valence-electron chi connectivity index (χ0n) is 6.12. The second-order valence-corrected chi connectivity index (χ2v) is 3.90. The highest BCUT2D eigenvalue weighted by Crippen LogP contribution is 2.38. The number of hydrogen-bond donors (Lipinski definition) is 1. The van der Waals surface area contributed by atoms with Gasteiger partial charge in [-0.15, -0.1) is 0 Å². The summed E-state index contributed by atoms with van der Waals surface area (Å²) in [5.41, 5.74) is 4.43. The Labute approximate surface area is 91.2 Å². The van der Waals surface area contributed by atoms with Gasteiger partial charge >= 0.3 is 6.18 Å². The van der Waals surface area contributed by atoms with E-state index >= 15 is 0 Å². The summed E-state index contributed by atoms with van der Waals surface area (Å²) in [5, 5.41) is -0.303. The predicted molar refractivity (Wildman–Crippen MR) is 53.6 cm³/mol. The number of nitrogen functional groups attached to an aromatic ring is 1. The van der Waals surface area contributed by atoms with Crippen LogP contribution in [0.4, 0.5) is 18.9 Å². The molecule has 0 aliphatic rings. The normalized spacial score (nSPS) is 11.8. The van der Waals surface area contributed by atoms with Crippen LogP contribution in [-0.4, -0.2) is 0 Å². The molecule has 0 saturated heterocycles. The van der Waals surface area contributed by atoms with Crippen LogP contribution in [0.25, 0.3) is 0 Å². The Bertz CT molecular complexity index is 337. The zero-order chi connectivity index (χ0) is 10.2. The first kappa shape index (κ1) is 10.9. The summed E-state index contributed by atoms with van der Waals surface area (Å²) in [7, 11) is 0. The maximum Gasteiger partial charge on any atom is 0.417 e. The van der Waals surface area contributed by atoms with Gasteiger partial charge in [0.2, 0.25) is 0 Å². The summed E-state index contributed by atoms with van der Waals surface area (Å²) >= 11 is 7.17. The monoisotopic (exact) mass is 321 g/mol. The molecule has 0 bridgehead atoms. The molecule has 6 heteroatoms. The number of hydrogen-bond acceptors (Lipinski definition) is 1. The Hall–Kier alpha value is -0.170. The van der Waals surface area contributed by atoms with Crippen molar-refractivity contribution in [2.45, 2.75) is 6.18 Å². The quantitative estimate of drug-likeness (QED) is 0.574. The van der Waals surface area contributed by atoms with E-state index < -0.39 is 11.7 Å². The van der Waals surface area contributed by atoms with E-state index in [1.54, 1.807) is 22.6 Å². The van der Waals surface area contributed by atoms with Crippen LogP contribution in [0.15, 0.2) is 12.1 Å². The lowest BCUT2D eigenvalue weighted by Crippen LogP contribution is -2.07. The molecule has 0 aromatic heterocycles. The largest absolute Gasteiger partial charge is 0.417 e. The number of rotatable bonds is 0. The van der Waals surface area contributed by atoms with Gasteiger partial charge < -0.3 is 5.73 Å². The van der Waals surface area contributed by atoms with E-state index in [-0.39, 0.29) is 10.7 Å². The molecule has 1 aromatic rings. The Kier molecular flexibility index (Phi) is 2.96. The van der Waals surface area contributed by atoms with Crippen LogP contribution in [0.5, 0.6) is 0 Å². The van der Waals surface area contributed by atoms with Crippen LogP contribution in [0, 0.1) is 3.57 Å².